The molecule has 4 atom stereocenters. The van der Waals surface area contributed by atoms with E-state index in [4.69, 9.17) is 11.5 Å². The number of hydrogen-bond donors (Lipinski definition) is 8. The number of ketones is 2. The fourth-order valence-electron chi connectivity index (χ4n) is 5.50. The zero-order chi connectivity index (χ0) is 28.3. The number of carbonyl (C=O) groups excluding carboxylic acids is 4. The molecule has 1 fully saturated rings. The highest BCUT2D eigenvalue weighted by atomic mass is 19.1. The van der Waals surface area contributed by atoms with Gasteiger partial charge < -0.3 is 42.5 Å². The van der Waals surface area contributed by atoms with Gasteiger partial charge in [-0.05, 0) is 31.2 Å². The molecule has 12 nitrogen and oxygen atoms in total. The molecule has 1 saturated carbocycles. The number of nitrogens with one attached hydrogen (secondary N) is 2. The fraction of sp³-hybridized carbons (Fsp3) is 0.440. The van der Waals surface area contributed by atoms with Gasteiger partial charge >= 0.3 is 0 Å². The average molecular weight is 533 g/mol. The molecule has 3 aliphatic rings. The Morgan fingerprint density at radius 2 is 1.89 bits per heavy atom. The number of aromatic hydroxyl groups is 1. The number of anilines is 1. The summed E-state index contributed by atoms with van der Waals surface area (Å²) in [5, 5.41) is 49.1. The largest absolute Gasteiger partial charge is 0.508 e. The van der Waals surface area contributed by atoms with Gasteiger partial charge in [0.25, 0.3) is 5.91 Å². The summed E-state index contributed by atoms with van der Waals surface area (Å²) in [6.45, 7) is 4.28. The van der Waals surface area contributed by atoms with Crippen LogP contribution in [0.3, 0.4) is 0 Å². The van der Waals surface area contributed by atoms with Gasteiger partial charge in [-0.15, -0.1) is 0 Å². The van der Waals surface area contributed by atoms with Crippen molar-refractivity contribution in [2.45, 2.75) is 38.3 Å². The van der Waals surface area contributed by atoms with Crippen LogP contribution < -0.4 is 22.1 Å². The zero-order valence-electron chi connectivity index (χ0n) is 20.7. The molecular formula is C25H29FN4O8. The maximum Gasteiger partial charge on any atom is 0.255 e. The fourth-order valence-corrected chi connectivity index (χ4v) is 5.50. The summed E-state index contributed by atoms with van der Waals surface area (Å²) in [6.07, 6.45) is -0.477. The van der Waals surface area contributed by atoms with Gasteiger partial charge in [-0.2, -0.15) is 0 Å². The van der Waals surface area contributed by atoms with E-state index in [1.54, 1.807) is 0 Å². The second-order valence-corrected chi connectivity index (χ2v) is 10.3. The van der Waals surface area contributed by atoms with E-state index in [-0.39, 0.29) is 36.6 Å². The molecule has 0 bridgehead atoms. The van der Waals surface area contributed by atoms with Crippen LogP contribution in [0.1, 0.15) is 31.4 Å². The van der Waals surface area contributed by atoms with Crippen LogP contribution in [0.4, 0.5) is 10.1 Å². The normalized spacial score (nSPS) is 26.7. The first-order chi connectivity index (χ1) is 17.7. The Hall–Kier alpha value is -3.81. The summed E-state index contributed by atoms with van der Waals surface area (Å²) in [7, 11) is 0. The third-order valence-corrected chi connectivity index (χ3v) is 7.31. The van der Waals surface area contributed by atoms with Gasteiger partial charge in [0.1, 0.15) is 22.9 Å². The molecule has 3 aliphatic carbocycles. The van der Waals surface area contributed by atoms with Crippen molar-refractivity contribution in [1.82, 2.24) is 5.32 Å². The van der Waals surface area contributed by atoms with Crippen molar-refractivity contribution in [3.8, 4) is 5.75 Å². The molecule has 10 N–H and O–H groups in total. The maximum atomic E-state index is 15.2. The van der Waals surface area contributed by atoms with Crippen LogP contribution >= 0.6 is 0 Å². The van der Waals surface area contributed by atoms with Crippen molar-refractivity contribution in [1.29, 1.82) is 0 Å². The summed E-state index contributed by atoms with van der Waals surface area (Å²) in [5.74, 6) is -10.2. The van der Waals surface area contributed by atoms with Crippen LogP contribution in [-0.4, -0.2) is 68.5 Å². The molecule has 0 radical (unpaired) electrons. The molecule has 2 amide bonds. The van der Waals surface area contributed by atoms with Crippen molar-refractivity contribution in [2.75, 3.05) is 18.4 Å². The highest BCUT2D eigenvalue weighted by Crippen LogP contribution is 2.52. The van der Waals surface area contributed by atoms with Gasteiger partial charge in [-0.3, -0.25) is 19.2 Å². The minimum absolute atomic E-state index is 0.134. The van der Waals surface area contributed by atoms with Crippen LogP contribution in [0, 0.1) is 23.6 Å². The smallest absolute Gasteiger partial charge is 0.255 e. The van der Waals surface area contributed by atoms with E-state index in [0.29, 0.717) is 6.54 Å². The van der Waals surface area contributed by atoms with Gasteiger partial charge in [0.2, 0.25) is 11.7 Å². The van der Waals surface area contributed by atoms with Gasteiger partial charge in [0.05, 0.1) is 23.8 Å². The maximum absolute atomic E-state index is 15.2. The zero-order valence-corrected chi connectivity index (χ0v) is 20.7. The van der Waals surface area contributed by atoms with E-state index >= 15 is 4.39 Å². The molecule has 204 valence electrons. The van der Waals surface area contributed by atoms with E-state index in [1.165, 1.54) is 0 Å². The van der Waals surface area contributed by atoms with E-state index in [0.717, 1.165) is 6.07 Å². The summed E-state index contributed by atoms with van der Waals surface area (Å²) in [4.78, 5) is 50.2. The minimum atomic E-state index is -2.86. The first-order valence-corrected chi connectivity index (χ1v) is 12.0. The Balaban J connectivity index is 1.78. The molecule has 38 heavy (non-hydrogen) atoms. The molecular weight excluding hydrogens is 503 g/mol. The van der Waals surface area contributed by atoms with Gasteiger partial charge in [-0.25, -0.2) is 4.39 Å². The van der Waals surface area contributed by atoms with E-state index in [9.17, 15) is 39.6 Å². The van der Waals surface area contributed by atoms with Gasteiger partial charge in [-0.1, -0.05) is 13.8 Å². The molecule has 1 aromatic rings. The van der Waals surface area contributed by atoms with Crippen LogP contribution in [0.2, 0.25) is 0 Å². The Morgan fingerprint density at radius 1 is 1.24 bits per heavy atom. The Labute approximate surface area is 216 Å². The third-order valence-electron chi connectivity index (χ3n) is 7.31. The number of fused-ring (bicyclic) bond motifs is 3. The lowest BCUT2D eigenvalue weighted by atomic mass is 9.58. The van der Waals surface area contributed by atoms with E-state index in [1.807, 2.05) is 13.8 Å². The lowest BCUT2D eigenvalue weighted by Gasteiger charge is -2.48. The molecule has 13 heteroatoms. The van der Waals surface area contributed by atoms with Crippen LogP contribution in [0.25, 0.3) is 5.76 Å². The number of rotatable bonds is 6. The molecule has 0 heterocycles. The highest BCUT2D eigenvalue weighted by Gasteiger charge is 2.63. The van der Waals surface area contributed by atoms with Crippen molar-refractivity contribution in [2.24, 2.45) is 29.2 Å². The monoisotopic (exact) mass is 532 g/mol. The van der Waals surface area contributed by atoms with E-state index in [2.05, 4.69) is 10.6 Å². The number of halogens is 1. The molecule has 1 aromatic carbocycles. The van der Waals surface area contributed by atoms with Crippen molar-refractivity contribution in [3.05, 3.63) is 39.9 Å². The lowest BCUT2D eigenvalue weighted by molar-refractivity contribution is -0.149. The van der Waals surface area contributed by atoms with Crippen LogP contribution in [0.15, 0.2) is 23.0 Å². The number of amides is 2. The molecule has 4 rings (SSSR count). The number of phenols is 1. The Kier molecular flexibility index (Phi) is 6.80. The molecule has 0 aliphatic heterocycles. The number of primary amides is 1. The number of aliphatic hydroxyl groups excluding tert-OH is 2. The SMILES string of the molecule is CC(C)CNCC(=O)Nc1cc(F)c2c(c1O)C(O)=C1C(=O)[C@]3(O)C(O)=C(C(N)=O)C(=O)[C@@H](N)[C@@H]3C[C@@H]1C2. The standard InChI is InChI=1S/C25H29FN4O8/c1-8(2)6-29-7-14(31)30-13-5-12(26)10-3-9-4-11-18(27)21(34)17(24(28)37)23(36)25(11,38)22(35)15(9)20(33)16(10)19(13)32/h5,8-9,11,18,29,32-33,36,38H,3-4,6-7,27H2,1-2H3,(H2,28,37)(H,30,31)/t9-,11-,18-,25-/m0/s1. The molecule has 0 unspecified atom stereocenters. The average Bonchev–Trinajstić information content (AvgIpc) is 2.82. The predicted octanol–water partition coefficient (Wildman–Crippen LogP) is -0.316. The van der Waals surface area contributed by atoms with Gasteiger partial charge in [0, 0.05) is 23.1 Å². The second-order valence-electron chi connectivity index (χ2n) is 10.3. The molecule has 0 spiro atoms. The summed E-state index contributed by atoms with van der Waals surface area (Å²) in [5.41, 5.74) is 5.79. The minimum Gasteiger partial charge on any atom is -0.508 e. The van der Waals surface area contributed by atoms with Crippen molar-refractivity contribution >= 4 is 34.8 Å². The second kappa shape index (κ2) is 9.49. The third kappa shape index (κ3) is 4.03. The summed E-state index contributed by atoms with van der Waals surface area (Å²) in [6, 6.07) is -0.704. The van der Waals surface area contributed by atoms with E-state index < -0.39 is 86.7 Å². The first-order valence-electron chi connectivity index (χ1n) is 12.0. The lowest BCUT2D eigenvalue weighted by Crippen LogP contribution is -2.65. The number of carbonyl (C=O) groups is 4. The Morgan fingerprint density at radius 3 is 2.50 bits per heavy atom. The number of Topliss-reactive ketones (excluding diaryl/α,β-unsaturated/α-hetero) is 2. The number of nitrogens with two attached hydrogens (primary N) is 2. The van der Waals surface area contributed by atoms with Crippen molar-refractivity contribution < 1.29 is 44.0 Å². The summed E-state index contributed by atoms with van der Waals surface area (Å²) >= 11 is 0. The molecule has 0 aromatic heterocycles. The summed E-state index contributed by atoms with van der Waals surface area (Å²) < 4.78 is 15.2. The van der Waals surface area contributed by atoms with Crippen LogP contribution in [-0.2, 0) is 25.6 Å². The first kappa shape index (κ1) is 27.2. The number of hydrogen-bond acceptors (Lipinski definition) is 10. The van der Waals surface area contributed by atoms with Crippen molar-refractivity contribution in [3.63, 3.8) is 0 Å². The van der Waals surface area contributed by atoms with Crippen LogP contribution in [0.5, 0.6) is 5.75 Å². The number of phenolic OH excluding ortho intramolecular Hbond substituents is 1. The number of aliphatic hydroxyl groups is 3. The Bertz CT molecular complexity index is 1340. The highest BCUT2D eigenvalue weighted by molar-refractivity contribution is 6.24. The topological polar surface area (TPSA) is 225 Å². The molecule has 0 saturated heterocycles. The van der Waals surface area contributed by atoms with Gasteiger partial charge in [0.15, 0.2) is 17.1 Å². The predicted molar refractivity (Wildman–Crippen MR) is 131 cm³/mol. The number of benzene rings is 1. The quantitative estimate of drug-likeness (QED) is 0.176.